The maximum absolute atomic E-state index is 13.3. The second-order valence-electron chi connectivity index (χ2n) is 6.95. The summed E-state index contributed by atoms with van der Waals surface area (Å²) in [5.41, 5.74) is 4.22. The molecule has 2 aromatic rings. The van der Waals surface area contributed by atoms with Gasteiger partial charge in [0, 0.05) is 16.9 Å². The molecule has 3 N–H and O–H groups in total. The molecular formula is C22H25N3O4. The number of hydrogen-bond acceptors (Lipinski definition) is 4. The fourth-order valence-electron chi connectivity index (χ4n) is 3.35. The molecule has 7 nitrogen and oxygen atoms in total. The van der Waals surface area contributed by atoms with Crippen LogP contribution >= 0.6 is 0 Å². The van der Waals surface area contributed by atoms with Crippen molar-refractivity contribution in [1.29, 1.82) is 0 Å². The lowest BCUT2D eigenvalue weighted by Gasteiger charge is -2.30. The highest BCUT2D eigenvalue weighted by atomic mass is 16.5. The summed E-state index contributed by atoms with van der Waals surface area (Å²) in [6, 6.07) is 10.0. The highest BCUT2D eigenvalue weighted by Gasteiger charge is 2.33. The highest BCUT2D eigenvalue weighted by Crippen LogP contribution is 2.36. The second-order valence-corrected chi connectivity index (χ2v) is 6.95. The van der Waals surface area contributed by atoms with Crippen LogP contribution in [0.4, 0.5) is 10.5 Å². The van der Waals surface area contributed by atoms with E-state index in [1.165, 1.54) is 0 Å². The highest BCUT2D eigenvalue weighted by molar-refractivity contribution is 6.07. The zero-order valence-electron chi connectivity index (χ0n) is 17.2. The molecule has 0 radical (unpaired) electrons. The average molecular weight is 395 g/mol. The first kappa shape index (κ1) is 20.3. The van der Waals surface area contributed by atoms with E-state index in [2.05, 4.69) is 16.0 Å². The van der Waals surface area contributed by atoms with Gasteiger partial charge in [0.1, 0.15) is 11.5 Å². The van der Waals surface area contributed by atoms with E-state index >= 15 is 0 Å². The lowest BCUT2D eigenvalue weighted by Crippen LogP contribution is -2.46. The Kier molecular flexibility index (Phi) is 5.77. The van der Waals surface area contributed by atoms with Gasteiger partial charge >= 0.3 is 6.03 Å². The van der Waals surface area contributed by atoms with Crippen LogP contribution in [0.1, 0.15) is 29.7 Å². The van der Waals surface area contributed by atoms with Gasteiger partial charge in [0.15, 0.2) is 0 Å². The molecular weight excluding hydrogens is 370 g/mol. The van der Waals surface area contributed by atoms with Gasteiger partial charge in [-0.2, -0.15) is 0 Å². The fourth-order valence-corrected chi connectivity index (χ4v) is 3.35. The predicted molar refractivity (Wildman–Crippen MR) is 111 cm³/mol. The summed E-state index contributed by atoms with van der Waals surface area (Å²) in [4.78, 5) is 25.4. The van der Waals surface area contributed by atoms with Crippen LogP contribution in [0.3, 0.4) is 0 Å². The lowest BCUT2D eigenvalue weighted by molar-refractivity contribution is -0.113. The molecule has 1 atom stereocenters. The van der Waals surface area contributed by atoms with Crippen LogP contribution in [-0.4, -0.2) is 26.2 Å². The number of carbonyl (C=O) groups is 2. The number of aryl methyl sites for hydroxylation is 2. The maximum Gasteiger partial charge on any atom is 0.319 e. The summed E-state index contributed by atoms with van der Waals surface area (Å²) in [6.45, 7) is 5.60. The van der Waals surface area contributed by atoms with Crippen molar-refractivity contribution in [3.05, 3.63) is 64.4 Å². The van der Waals surface area contributed by atoms with Gasteiger partial charge < -0.3 is 25.4 Å². The van der Waals surface area contributed by atoms with Crippen molar-refractivity contribution in [3.63, 3.8) is 0 Å². The minimum atomic E-state index is -0.695. The zero-order valence-corrected chi connectivity index (χ0v) is 17.2. The molecule has 7 heteroatoms. The molecule has 3 amide bonds. The Balaban J connectivity index is 2.05. The fraction of sp³-hybridized carbons (Fsp3) is 0.273. The number of urea groups is 1. The van der Waals surface area contributed by atoms with E-state index in [4.69, 9.17) is 9.47 Å². The number of amides is 3. The quantitative estimate of drug-likeness (QED) is 0.722. The molecule has 0 spiro atoms. The summed E-state index contributed by atoms with van der Waals surface area (Å²) in [7, 11) is 3.10. The third kappa shape index (κ3) is 4.18. The van der Waals surface area contributed by atoms with Crippen molar-refractivity contribution < 1.29 is 19.1 Å². The number of ether oxygens (including phenoxy) is 2. The maximum atomic E-state index is 13.3. The number of carbonyl (C=O) groups excluding carboxylic acids is 2. The van der Waals surface area contributed by atoms with Gasteiger partial charge in [0.05, 0.1) is 25.8 Å². The van der Waals surface area contributed by atoms with Crippen molar-refractivity contribution >= 4 is 17.6 Å². The summed E-state index contributed by atoms with van der Waals surface area (Å²) in [5, 5.41) is 8.48. The number of nitrogens with one attached hydrogen (secondary N) is 3. The lowest BCUT2D eigenvalue weighted by atomic mass is 9.93. The van der Waals surface area contributed by atoms with Crippen molar-refractivity contribution in [2.75, 3.05) is 19.5 Å². The van der Waals surface area contributed by atoms with Crippen molar-refractivity contribution in [2.45, 2.75) is 26.8 Å². The monoisotopic (exact) mass is 395 g/mol. The van der Waals surface area contributed by atoms with Crippen LogP contribution in [0.2, 0.25) is 0 Å². The molecule has 0 unspecified atom stereocenters. The van der Waals surface area contributed by atoms with Crippen LogP contribution in [-0.2, 0) is 4.79 Å². The smallest absolute Gasteiger partial charge is 0.319 e. The molecule has 1 heterocycles. The van der Waals surface area contributed by atoms with Crippen LogP contribution in [0.15, 0.2) is 47.7 Å². The Hall–Kier alpha value is -3.48. The summed E-state index contributed by atoms with van der Waals surface area (Å²) in [6.07, 6.45) is 0. The van der Waals surface area contributed by atoms with Crippen LogP contribution in [0.25, 0.3) is 0 Å². The predicted octanol–water partition coefficient (Wildman–Crippen LogP) is 3.59. The molecule has 1 aliphatic rings. The van der Waals surface area contributed by atoms with Crippen LogP contribution in [0, 0.1) is 13.8 Å². The minimum absolute atomic E-state index is 0.307. The molecule has 152 valence electrons. The molecule has 0 aliphatic carbocycles. The summed E-state index contributed by atoms with van der Waals surface area (Å²) >= 11 is 0. The summed E-state index contributed by atoms with van der Waals surface area (Å²) in [5.74, 6) is 0.835. The van der Waals surface area contributed by atoms with E-state index in [1.807, 2.05) is 32.0 Å². The third-order valence-corrected chi connectivity index (χ3v) is 4.90. The number of hydrogen-bond donors (Lipinski definition) is 3. The second kappa shape index (κ2) is 8.26. The average Bonchev–Trinajstić information content (AvgIpc) is 2.69. The molecule has 0 saturated carbocycles. The van der Waals surface area contributed by atoms with Gasteiger partial charge in [-0.25, -0.2) is 4.79 Å². The van der Waals surface area contributed by atoms with Crippen molar-refractivity contribution in [1.82, 2.24) is 10.6 Å². The first-order valence-electron chi connectivity index (χ1n) is 9.23. The number of benzene rings is 2. The first-order valence-corrected chi connectivity index (χ1v) is 9.23. The Bertz CT molecular complexity index is 998. The van der Waals surface area contributed by atoms with E-state index in [1.54, 1.807) is 39.3 Å². The molecule has 0 aromatic heterocycles. The van der Waals surface area contributed by atoms with E-state index < -0.39 is 6.04 Å². The largest absolute Gasteiger partial charge is 0.497 e. The van der Waals surface area contributed by atoms with E-state index in [0.717, 1.165) is 16.8 Å². The zero-order chi connectivity index (χ0) is 21.1. The number of allylic oxidation sites excluding steroid dienone is 1. The van der Waals surface area contributed by atoms with Gasteiger partial charge in [-0.1, -0.05) is 12.1 Å². The number of rotatable bonds is 5. The molecule has 0 bridgehead atoms. The number of methoxy groups -OCH3 is 2. The molecule has 2 aromatic carbocycles. The van der Waals surface area contributed by atoms with Gasteiger partial charge in [0.25, 0.3) is 5.91 Å². The molecule has 0 saturated heterocycles. The van der Waals surface area contributed by atoms with Crippen LogP contribution < -0.4 is 25.4 Å². The van der Waals surface area contributed by atoms with E-state index in [9.17, 15) is 9.59 Å². The molecule has 3 rings (SSSR count). The SMILES string of the molecule is COc1ccc(OC)c([C@H]2NC(=O)NC(C)=C2C(=O)Nc2cc(C)ccc2C)c1. The third-order valence-electron chi connectivity index (χ3n) is 4.90. The Morgan fingerprint density at radius 3 is 2.48 bits per heavy atom. The van der Waals surface area contributed by atoms with E-state index in [0.29, 0.717) is 28.3 Å². The molecule has 0 fully saturated rings. The first-order chi connectivity index (χ1) is 13.8. The molecule has 29 heavy (non-hydrogen) atoms. The van der Waals surface area contributed by atoms with Gasteiger partial charge in [-0.05, 0) is 56.2 Å². The van der Waals surface area contributed by atoms with Gasteiger partial charge in [0.2, 0.25) is 0 Å². The number of anilines is 1. The van der Waals surface area contributed by atoms with Crippen molar-refractivity contribution in [2.24, 2.45) is 0 Å². The van der Waals surface area contributed by atoms with E-state index in [-0.39, 0.29) is 11.9 Å². The van der Waals surface area contributed by atoms with Gasteiger partial charge in [-0.3, -0.25) is 4.79 Å². The Labute approximate surface area is 170 Å². The topological polar surface area (TPSA) is 88.7 Å². The van der Waals surface area contributed by atoms with Gasteiger partial charge in [-0.15, -0.1) is 0 Å². The van der Waals surface area contributed by atoms with Crippen LogP contribution in [0.5, 0.6) is 11.5 Å². The molecule has 1 aliphatic heterocycles. The Morgan fingerprint density at radius 2 is 1.79 bits per heavy atom. The van der Waals surface area contributed by atoms with Crippen molar-refractivity contribution in [3.8, 4) is 11.5 Å². The summed E-state index contributed by atoms with van der Waals surface area (Å²) < 4.78 is 10.8. The normalized spacial score (nSPS) is 16.0. The Morgan fingerprint density at radius 1 is 1.03 bits per heavy atom. The minimum Gasteiger partial charge on any atom is -0.497 e. The standard InChI is InChI=1S/C22H25N3O4/c1-12-6-7-13(2)17(10-12)24-21(26)19-14(3)23-22(27)25-20(19)16-11-15(28-4)8-9-18(16)29-5/h6-11,20H,1-5H3,(H,24,26)(H2,23,25,27)/t20-/m1/s1.